The molecule has 9 heteroatoms. The summed E-state index contributed by atoms with van der Waals surface area (Å²) in [5.74, 6) is 0.253. The first-order valence-corrected chi connectivity index (χ1v) is 10.1. The molecule has 0 saturated carbocycles. The Hall–Kier alpha value is -3.20. The van der Waals surface area contributed by atoms with Crippen molar-refractivity contribution in [1.29, 1.82) is 0 Å². The van der Waals surface area contributed by atoms with Gasteiger partial charge in [-0.25, -0.2) is 4.79 Å². The molecule has 150 valence electrons. The van der Waals surface area contributed by atoms with Crippen molar-refractivity contribution in [1.82, 2.24) is 19.7 Å². The van der Waals surface area contributed by atoms with Crippen molar-refractivity contribution in [2.24, 2.45) is 7.05 Å². The molecule has 3 rings (SSSR count). The van der Waals surface area contributed by atoms with Gasteiger partial charge in [0.15, 0.2) is 11.0 Å². The number of nitrogens with one attached hydrogen (secondary N) is 1. The zero-order valence-corrected chi connectivity index (χ0v) is 17.0. The number of benzene rings is 1. The van der Waals surface area contributed by atoms with Crippen LogP contribution in [0.4, 0.5) is 5.69 Å². The Balaban J connectivity index is 1.58. The molecule has 0 aliphatic heterocycles. The Morgan fingerprint density at radius 3 is 2.72 bits per heavy atom. The van der Waals surface area contributed by atoms with Gasteiger partial charge in [-0.3, -0.25) is 9.78 Å². The molecule has 3 aromatic rings. The molecule has 0 unspecified atom stereocenters. The van der Waals surface area contributed by atoms with E-state index in [-0.39, 0.29) is 11.7 Å². The first kappa shape index (κ1) is 20.5. The highest BCUT2D eigenvalue weighted by atomic mass is 32.2. The maximum Gasteiger partial charge on any atom is 0.338 e. The molecule has 8 nitrogen and oxygen atoms in total. The summed E-state index contributed by atoms with van der Waals surface area (Å²) in [6.07, 6.45) is 4.14. The predicted molar refractivity (Wildman–Crippen MR) is 111 cm³/mol. The van der Waals surface area contributed by atoms with Crippen LogP contribution >= 0.6 is 11.8 Å². The lowest BCUT2D eigenvalue weighted by atomic mass is 10.2. The molecular formula is C20H21N5O3S. The van der Waals surface area contributed by atoms with E-state index in [1.165, 1.54) is 11.8 Å². The standard InChI is InChI=1S/C20H21N5O3S/c1-3-11-28-19(27)15-5-4-6-16(12-15)22-17(26)13-29-20-24-23-18(25(20)2)14-7-9-21-10-8-14/h4-10,12H,3,11,13H2,1-2H3,(H,22,26). The average molecular weight is 411 g/mol. The Morgan fingerprint density at radius 2 is 1.97 bits per heavy atom. The number of rotatable bonds is 8. The van der Waals surface area contributed by atoms with E-state index in [0.29, 0.717) is 28.8 Å². The molecule has 1 amide bonds. The minimum absolute atomic E-state index is 0.160. The third-order valence-electron chi connectivity index (χ3n) is 3.93. The fraction of sp³-hybridized carbons (Fsp3) is 0.250. The van der Waals surface area contributed by atoms with Gasteiger partial charge in [-0.1, -0.05) is 24.8 Å². The monoisotopic (exact) mass is 411 g/mol. The molecule has 1 aromatic carbocycles. The van der Waals surface area contributed by atoms with Crippen molar-refractivity contribution >= 4 is 29.3 Å². The van der Waals surface area contributed by atoms with E-state index >= 15 is 0 Å². The summed E-state index contributed by atoms with van der Waals surface area (Å²) in [4.78, 5) is 28.3. The number of amides is 1. The first-order valence-electron chi connectivity index (χ1n) is 9.08. The number of anilines is 1. The third kappa shape index (κ3) is 5.41. The van der Waals surface area contributed by atoms with Crippen molar-refractivity contribution in [2.45, 2.75) is 18.5 Å². The number of thioether (sulfide) groups is 1. The Kier molecular flexibility index (Phi) is 6.96. The van der Waals surface area contributed by atoms with Crippen molar-refractivity contribution in [3.63, 3.8) is 0 Å². The third-order valence-corrected chi connectivity index (χ3v) is 4.95. The normalized spacial score (nSPS) is 10.6. The minimum atomic E-state index is -0.403. The Bertz CT molecular complexity index is 991. The molecule has 0 bridgehead atoms. The van der Waals surface area contributed by atoms with Crippen molar-refractivity contribution in [2.75, 3.05) is 17.7 Å². The van der Waals surface area contributed by atoms with Gasteiger partial charge < -0.3 is 14.6 Å². The quantitative estimate of drug-likeness (QED) is 0.449. The second kappa shape index (κ2) is 9.83. The van der Waals surface area contributed by atoms with Crippen LogP contribution < -0.4 is 5.32 Å². The molecular weight excluding hydrogens is 390 g/mol. The molecule has 0 aliphatic rings. The molecule has 0 atom stereocenters. The molecule has 2 heterocycles. The van der Waals surface area contributed by atoms with E-state index in [9.17, 15) is 9.59 Å². The molecule has 0 spiro atoms. The van der Waals surface area contributed by atoms with Gasteiger partial charge in [-0.05, 0) is 36.8 Å². The summed E-state index contributed by atoms with van der Waals surface area (Å²) in [6, 6.07) is 10.4. The molecule has 0 radical (unpaired) electrons. The van der Waals surface area contributed by atoms with Gasteiger partial charge >= 0.3 is 5.97 Å². The Labute approximate surface area is 172 Å². The van der Waals surface area contributed by atoms with E-state index in [2.05, 4.69) is 20.5 Å². The van der Waals surface area contributed by atoms with E-state index in [1.807, 2.05) is 30.7 Å². The lowest BCUT2D eigenvalue weighted by Crippen LogP contribution is -2.15. The van der Waals surface area contributed by atoms with Gasteiger partial charge in [0.05, 0.1) is 17.9 Å². The highest BCUT2D eigenvalue weighted by Gasteiger charge is 2.14. The molecule has 2 aromatic heterocycles. The van der Waals surface area contributed by atoms with Crippen LogP contribution in [0.3, 0.4) is 0 Å². The summed E-state index contributed by atoms with van der Waals surface area (Å²) in [6.45, 7) is 2.30. The zero-order valence-electron chi connectivity index (χ0n) is 16.2. The van der Waals surface area contributed by atoms with Gasteiger partial charge in [-0.15, -0.1) is 10.2 Å². The van der Waals surface area contributed by atoms with Gasteiger partial charge in [0.25, 0.3) is 0 Å². The lowest BCUT2D eigenvalue weighted by molar-refractivity contribution is -0.113. The van der Waals surface area contributed by atoms with Crippen LogP contribution in [0.15, 0.2) is 53.9 Å². The molecule has 0 aliphatic carbocycles. The average Bonchev–Trinajstić information content (AvgIpc) is 3.11. The molecule has 1 N–H and O–H groups in total. The van der Waals surface area contributed by atoms with Crippen LogP contribution in [0.1, 0.15) is 23.7 Å². The van der Waals surface area contributed by atoms with Crippen LogP contribution in [0.25, 0.3) is 11.4 Å². The molecule has 0 fully saturated rings. The fourth-order valence-corrected chi connectivity index (χ4v) is 3.23. The van der Waals surface area contributed by atoms with E-state index < -0.39 is 5.97 Å². The summed E-state index contributed by atoms with van der Waals surface area (Å²) >= 11 is 1.28. The van der Waals surface area contributed by atoms with Crippen molar-refractivity contribution in [3.05, 3.63) is 54.4 Å². The number of esters is 1. The second-order valence-electron chi connectivity index (χ2n) is 6.15. The van der Waals surface area contributed by atoms with Crippen molar-refractivity contribution < 1.29 is 14.3 Å². The van der Waals surface area contributed by atoms with Crippen LogP contribution in [0.5, 0.6) is 0 Å². The summed E-state index contributed by atoms with van der Waals surface area (Å²) in [5.41, 5.74) is 1.84. The predicted octanol–water partition coefficient (Wildman–Crippen LogP) is 3.17. The summed E-state index contributed by atoms with van der Waals surface area (Å²) in [7, 11) is 1.85. The van der Waals surface area contributed by atoms with Crippen LogP contribution in [0.2, 0.25) is 0 Å². The smallest absolute Gasteiger partial charge is 0.338 e. The number of hydrogen-bond acceptors (Lipinski definition) is 7. The maximum absolute atomic E-state index is 12.3. The van der Waals surface area contributed by atoms with E-state index in [4.69, 9.17) is 4.74 Å². The zero-order chi connectivity index (χ0) is 20.6. The van der Waals surface area contributed by atoms with Crippen LogP contribution in [-0.2, 0) is 16.6 Å². The largest absolute Gasteiger partial charge is 0.462 e. The van der Waals surface area contributed by atoms with E-state index in [1.54, 1.807) is 36.7 Å². The second-order valence-corrected chi connectivity index (χ2v) is 7.10. The van der Waals surface area contributed by atoms with Gasteiger partial charge in [0.1, 0.15) is 0 Å². The van der Waals surface area contributed by atoms with Crippen molar-refractivity contribution in [3.8, 4) is 11.4 Å². The maximum atomic E-state index is 12.3. The summed E-state index contributed by atoms with van der Waals surface area (Å²) < 4.78 is 6.95. The van der Waals surface area contributed by atoms with Gasteiger partial charge in [-0.2, -0.15) is 0 Å². The fourth-order valence-electron chi connectivity index (χ4n) is 2.52. The Morgan fingerprint density at radius 1 is 1.17 bits per heavy atom. The first-order chi connectivity index (χ1) is 14.1. The number of nitrogens with zero attached hydrogens (tertiary/aromatic N) is 4. The number of pyridine rings is 1. The highest BCUT2D eigenvalue weighted by Crippen LogP contribution is 2.22. The number of ether oxygens (including phenoxy) is 1. The number of carbonyl (C=O) groups excluding carboxylic acids is 2. The minimum Gasteiger partial charge on any atom is -0.462 e. The molecule has 29 heavy (non-hydrogen) atoms. The highest BCUT2D eigenvalue weighted by molar-refractivity contribution is 7.99. The number of aromatic nitrogens is 4. The van der Waals surface area contributed by atoms with Gasteiger partial charge in [0.2, 0.25) is 5.91 Å². The SMILES string of the molecule is CCCOC(=O)c1cccc(NC(=O)CSc2nnc(-c3ccncc3)n2C)c1. The molecule has 0 saturated heterocycles. The van der Waals surface area contributed by atoms with E-state index in [0.717, 1.165) is 12.0 Å². The summed E-state index contributed by atoms with van der Waals surface area (Å²) in [5, 5.41) is 11.8. The number of carbonyl (C=O) groups is 2. The lowest BCUT2D eigenvalue weighted by Gasteiger charge is -2.08. The number of hydrogen-bond donors (Lipinski definition) is 1. The van der Waals surface area contributed by atoms with Gasteiger partial charge in [0, 0.05) is 30.7 Å². The van der Waals surface area contributed by atoms with Crippen LogP contribution in [0, 0.1) is 0 Å². The topological polar surface area (TPSA) is 99.0 Å². The van der Waals surface area contributed by atoms with Crippen LogP contribution in [-0.4, -0.2) is 44.0 Å².